The van der Waals surface area contributed by atoms with E-state index in [1.807, 2.05) is 33.8 Å². The second-order valence-corrected chi connectivity index (χ2v) is 7.87. The number of rotatable bonds is 8. The molecule has 4 heteroatoms. The summed E-state index contributed by atoms with van der Waals surface area (Å²) in [5.74, 6) is 0.288. The molecule has 1 aromatic carbocycles. The van der Waals surface area contributed by atoms with Crippen molar-refractivity contribution in [1.29, 1.82) is 5.41 Å². The highest BCUT2D eigenvalue weighted by Gasteiger charge is 2.25. The van der Waals surface area contributed by atoms with E-state index in [-0.39, 0.29) is 34.4 Å². The van der Waals surface area contributed by atoms with Gasteiger partial charge in [-0.3, -0.25) is 0 Å². The molecule has 4 nitrogen and oxygen atoms in total. The molecule has 0 amide bonds. The molecular formula is C21H33NO3. The highest BCUT2D eigenvalue weighted by Crippen LogP contribution is 2.44. The summed E-state index contributed by atoms with van der Waals surface area (Å²) in [6.07, 6.45) is 4.08. The third kappa shape index (κ3) is 5.52. The zero-order valence-corrected chi connectivity index (χ0v) is 16.4. The van der Waals surface area contributed by atoms with Crippen LogP contribution in [-0.4, -0.2) is 21.0 Å². The Morgan fingerprint density at radius 3 is 1.96 bits per heavy atom. The van der Waals surface area contributed by atoms with Gasteiger partial charge in [0.15, 0.2) is 0 Å². The maximum atomic E-state index is 10.7. The van der Waals surface area contributed by atoms with Gasteiger partial charge in [-0.25, -0.2) is 0 Å². The van der Waals surface area contributed by atoms with Gasteiger partial charge in [-0.1, -0.05) is 39.3 Å². The van der Waals surface area contributed by atoms with E-state index >= 15 is 0 Å². The Balaban J connectivity index is 3.52. The Hall–Kier alpha value is -1.97. The fraction of sp³-hybridized carbons (Fsp3) is 0.571. The number of phenols is 3. The lowest BCUT2D eigenvalue weighted by atomic mass is 9.90. The summed E-state index contributed by atoms with van der Waals surface area (Å²) in [5.41, 5.74) is 2.28. The molecule has 1 aromatic rings. The second-order valence-electron chi connectivity index (χ2n) is 7.87. The van der Waals surface area contributed by atoms with Crippen LogP contribution in [0.3, 0.4) is 0 Å². The van der Waals surface area contributed by atoms with Crippen molar-refractivity contribution < 1.29 is 15.3 Å². The first-order valence-electron chi connectivity index (χ1n) is 9.05. The van der Waals surface area contributed by atoms with Crippen molar-refractivity contribution in [3.8, 4) is 17.2 Å². The van der Waals surface area contributed by atoms with Gasteiger partial charge in [0.1, 0.15) is 17.2 Å². The predicted molar refractivity (Wildman–Crippen MR) is 104 cm³/mol. The van der Waals surface area contributed by atoms with Crippen LogP contribution < -0.4 is 0 Å². The average molecular weight is 347 g/mol. The predicted octanol–water partition coefficient (Wildman–Crippen LogP) is 5.31. The van der Waals surface area contributed by atoms with E-state index in [2.05, 4.69) is 13.8 Å². The van der Waals surface area contributed by atoms with Crippen LogP contribution in [-0.2, 0) is 12.8 Å². The molecule has 1 rings (SSSR count). The molecule has 140 valence electrons. The van der Waals surface area contributed by atoms with E-state index < -0.39 is 0 Å². The van der Waals surface area contributed by atoms with Gasteiger partial charge in [-0.2, -0.15) is 0 Å². The molecule has 0 heterocycles. The molecule has 0 spiro atoms. The quantitative estimate of drug-likeness (QED) is 0.379. The number of hydrogen-bond donors (Lipinski definition) is 4. The van der Waals surface area contributed by atoms with E-state index in [9.17, 15) is 15.3 Å². The number of nitrogens with one attached hydrogen (secondary N) is 1. The van der Waals surface area contributed by atoms with Gasteiger partial charge in [0.25, 0.3) is 0 Å². The van der Waals surface area contributed by atoms with E-state index in [0.29, 0.717) is 36.3 Å². The van der Waals surface area contributed by atoms with Crippen LogP contribution in [0, 0.1) is 17.2 Å². The summed E-state index contributed by atoms with van der Waals surface area (Å²) in [7, 11) is 0. The van der Waals surface area contributed by atoms with Crippen molar-refractivity contribution in [3.05, 3.63) is 28.3 Å². The molecule has 0 radical (unpaired) electrons. The largest absolute Gasteiger partial charge is 0.507 e. The van der Waals surface area contributed by atoms with Gasteiger partial charge < -0.3 is 20.7 Å². The van der Waals surface area contributed by atoms with Crippen molar-refractivity contribution in [3.63, 3.8) is 0 Å². The van der Waals surface area contributed by atoms with Crippen molar-refractivity contribution in [2.24, 2.45) is 11.8 Å². The molecular weight excluding hydrogens is 314 g/mol. The van der Waals surface area contributed by atoms with Gasteiger partial charge in [-0.05, 0) is 51.4 Å². The van der Waals surface area contributed by atoms with E-state index in [1.165, 1.54) is 0 Å². The minimum Gasteiger partial charge on any atom is -0.507 e. The van der Waals surface area contributed by atoms with Crippen LogP contribution in [0.1, 0.15) is 71.1 Å². The number of allylic oxidation sites excluding steroid dienone is 2. The summed E-state index contributed by atoms with van der Waals surface area (Å²) in [6.45, 7) is 12.1. The lowest BCUT2D eigenvalue weighted by molar-refractivity contribution is 0.407. The van der Waals surface area contributed by atoms with Gasteiger partial charge >= 0.3 is 0 Å². The molecule has 0 aliphatic carbocycles. The normalized spacial score (nSPS) is 11.2. The Labute approximate surface area is 151 Å². The highest BCUT2D eigenvalue weighted by atomic mass is 16.3. The van der Waals surface area contributed by atoms with Gasteiger partial charge in [0, 0.05) is 16.8 Å². The van der Waals surface area contributed by atoms with Crippen LogP contribution >= 0.6 is 0 Å². The maximum Gasteiger partial charge on any atom is 0.135 e. The van der Waals surface area contributed by atoms with Crippen LogP contribution in [0.2, 0.25) is 0 Å². The van der Waals surface area contributed by atoms with Crippen LogP contribution in [0.15, 0.2) is 11.6 Å². The van der Waals surface area contributed by atoms with Crippen LogP contribution in [0.25, 0.3) is 0 Å². The molecule has 0 fully saturated rings. The smallest absolute Gasteiger partial charge is 0.135 e. The molecule has 0 aromatic heterocycles. The summed E-state index contributed by atoms with van der Waals surface area (Å²) < 4.78 is 0. The lowest BCUT2D eigenvalue weighted by Gasteiger charge is -2.19. The topological polar surface area (TPSA) is 84.5 Å². The summed E-state index contributed by atoms with van der Waals surface area (Å²) in [4.78, 5) is 0. The van der Waals surface area contributed by atoms with E-state index in [1.54, 1.807) is 0 Å². The number of aromatic hydroxyl groups is 3. The summed E-state index contributed by atoms with van der Waals surface area (Å²) >= 11 is 0. The standard InChI is InChI=1S/C21H33NO3/c1-12(2)7-9-15-19(23)16(10-8-13(3)4)21(25)18(20(15)24)17(22)11-14(5)6/h7,13-14,22-25H,8-11H2,1-6H3. The average Bonchev–Trinajstić information content (AvgIpc) is 2.45. The van der Waals surface area contributed by atoms with E-state index in [4.69, 9.17) is 5.41 Å². The molecule has 25 heavy (non-hydrogen) atoms. The first-order chi connectivity index (χ1) is 11.6. The van der Waals surface area contributed by atoms with E-state index in [0.717, 1.165) is 12.0 Å². The summed E-state index contributed by atoms with van der Waals surface area (Å²) in [5, 5.41) is 40.3. The van der Waals surface area contributed by atoms with Crippen LogP contribution in [0.4, 0.5) is 0 Å². The molecule has 0 saturated carbocycles. The Morgan fingerprint density at radius 1 is 0.920 bits per heavy atom. The number of benzene rings is 1. The minimum absolute atomic E-state index is 0.0470. The zero-order chi connectivity index (χ0) is 19.3. The molecule has 0 saturated heterocycles. The SMILES string of the molecule is CC(C)=CCc1c(O)c(CCC(C)C)c(O)c(C(=N)CC(C)C)c1O. The third-order valence-corrected chi connectivity index (χ3v) is 4.22. The molecule has 0 atom stereocenters. The monoisotopic (exact) mass is 347 g/mol. The Morgan fingerprint density at radius 2 is 1.48 bits per heavy atom. The molecule has 0 aliphatic heterocycles. The first kappa shape index (κ1) is 21.1. The van der Waals surface area contributed by atoms with Crippen molar-refractivity contribution in [2.45, 2.75) is 67.2 Å². The highest BCUT2D eigenvalue weighted by molar-refractivity contribution is 6.04. The molecule has 0 bridgehead atoms. The zero-order valence-electron chi connectivity index (χ0n) is 16.4. The van der Waals surface area contributed by atoms with Gasteiger partial charge in [0.05, 0.1) is 5.56 Å². The van der Waals surface area contributed by atoms with Gasteiger partial charge in [-0.15, -0.1) is 0 Å². The Bertz CT molecular complexity index is 654. The molecule has 0 unspecified atom stereocenters. The maximum absolute atomic E-state index is 10.7. The third-order valence-electron chi connectivity index (χ3n) is 4.22. The van der Waals surface area contributed by atoms with Crippen LogP contribution in [0.5, 0.6) is 17.2 Å². The Kier molecular flexibility index (Phi) is 7.53. The molecule has 0 aliphatic rings. The lowest BCUT2D eigenvalue weighted by Crippen LogP contribution is -2.08. The fourth-order valence-corrected chi connectivity index (χ4v) is 2.79. The number of phenolic OH excluding ortho intramolecular Hbond substituents is 3. The van der Waals surface area contributed by atoms with Crippen molar-refractivity contribution >= 4 is 5.71 Å². The summed E-state index contributed by atoms with van der Waals surface area (Å²) in [6, 6.07) is 0. The van der Waals surface area contributed by atoms with Crippen molar-refractivity contribution in [1.82, 2.24) is 0 Å². The van der Waals surface area contributed by atoms with Gasteiger partial charge in [0.2, 0.25) is 0 Å². The minimum atomic E-state index is -0.175. The first-order valence-corrected chi connectivity index (χ1v) is 9.05. The number of hydrogen-bond acceptors (Lipinski definition) is 4. The van der Waals surface area contributed by atoms with Crippen molar-refractivity contribution in [2.75, 3.05) is 0 Å². The second kappa shape index (κ2) is 8.93. The fourth-order valence-electron chi connectivity index (χ4n) is 2.79. The molecule has 4 N–H and O–H groups in total.